The second-order valence-corrected chi connectivity index (χ2v) is 16.5. The number of carbonyl (C=O) groups is 8. The van der Waals surface area contributed by atoms with E-state index in [0.29, 0.717) is 74.1 Å². The van der Waals surface area contributed by atoms with E-state index in [-0.39, 0.29) is 47.3 Å². The van der Waals surface area contributed by atoms with Gasteiger partial charge in [-0.05, 0) is 45.8 Å². The van der Waals surface area contributed by atoms with E-state index in [4.69, 9.17) is 0 Å². The molecule has 4 aliphatic heterocycles. The largest absolute Gasteiger partial charge is 0.274 e. The van der Waals surface area contributed by atoms with Crippen LogP contribution in [0.25, 0.3) is 43.1 Å². The molecule has 0 saturated carbocycles. The Kier molecular flexibility index (Phi) is 12.7. The fourth-order valence-electron chi connectivity index (χ4n) is 8.99. The normalized spacial score (nSPS) is 15.9. The molecule has 0 unspecified atom stereocenters. The van der Waals surface area contributed by atoms with E-state index in [1.54, 1.807) is 0 Å². The van der Waals surface area contributed by atoms with Crippen LogP contribution in [0.2, 0.25) is 0 Å². The lowest BCUT2D eigenvalue weighted by Crippen LogP contribution is -2.28. The van der Waals surface area contributed by atoms with Crippen molar-refractivity contribution in [1.29, 1.82) is 0 Å². The SMILES string of the molecule is O=C1CCC(=O)N1c1cccc2ccccc12.O=C1CCC(=O)N1c1cccc2ccccc12.O=C1CCC(=O)N1c1cccc2ccccc12.O=C1CCC(=O)N1c1cccc2ccccc12. The zero-order valence-electron chi connectivity index (χ0n) is 36.9. The van der Waals surface area contributed by atoms with Gasteiger partial charge in [-0.25, -0.2) is 19.6 Å². The van der Waals surface area contributed by atoms with Crippen LogP contribution in [0.15, 0.2) is 170 Å². The minimum Gasteiger partial charge on any atom is -0.274 e. The first kappa shape index (κ1) is 44.6. The van der Waals surface area contributed by atoms with E-state index in [0.717, 1.165) is 43.1 Å². The third-order valence-corrected chi connectivity index (χ3v) is 12.2. The first-order valence-electron chi connectivity index (χ1n) is 22.4. The monoisotopic (exact) mass is 900 g/mol. The van der Waals surface area contributed by atoms with Crippen LogP contribution in [-0.2, 0) is 38.4 Å². The highest BCUT2D eigenvalue weighted by Crippen LogP contribution is 2.34. The van der Waals surface area contributed by atoms with E-state index in [1.165, 1.54) is 19.6 Å². The van der Waals surface area contributed by atoms with E-state index >= 15 is 0 Å². The lowest BCUT2D eigenvalue weighted by molar-refractivity contribution is -0.122. The molecule has 0 aromatic heterocycles. The quantitative estimate of drug-likeness (QED) is 0.159. The average Bonchev–Trinajstić information content (AvgIpc) is 4.11. The molecule has 8 aromatic rings. The third-order valence-electron chi connectivity index (χ3n) is 12.2. The van der Waals surface area contributed by atoms with Gasteiger partial charge in [0.05, 0.1) is 22.7 Å². The number of rotatable bonds is 4. The highest BCUT2D eigenvalue weighted by Gasteiger charge is 2.34. The van der Waals surface area contributed by atoms with Crippen molar-refractivity contribution >= 4 is 113 Å². The van der Waals surface area contributed by atoms with Gasteiger partial charge in [0.25, 0.3) is 0 Å². The molecule has 68 heavy (non-hydrogen) atoms. The molecule has 12 heteroatoms. The number of fused-ring (bicyclic) bond motifs is 4. The second-order valence-electron chi connectivity index (χ2n) is 16.5. The Labute approximate surface area is 390 Å². The van der Waals surface area contributed by atoms with Gasteiger partial charge in [0.1, 0.15) is 0 Å². The van der Waals surface area contributed by atoms with Crippen LogP contribution >= 0.6 is 0 Å². The van der Waals surface area contributed by atoms with Crippen LogP contribution in [-0.4, -0.2) is 47.3 Å². The summed E-state index contributed by atoms with van der Waals surface area (Å²) in [4.78, 5) is 99.1. The zero-order chi connectivity index (χ0) is 47.3. The molecule has 0 atom stereocenters. The Morgan fingerprint density at radius 3 is 0.559 bits per heavy atom. The van der Waals surface area contributed by atoms with Crippen LogP contribution in [0.1, 0.15) is 51.4 Å². The van der Waals surface area contributed by atoms with Gasteiger partial charge >= 0.3 is 0 Å². The summed E-state index contributed by atoms with van der Waals surface area (Å²) in [7, 11) is 0. The number of nitrogens with zero attached hydrogens (tertiary/aromatic N) is 4. The van der Waals surface area contributed by atoms with E-state index in [2.05, 4.69) is 0 Å². The molecular formula is C56H44N4O8. The maximum atomic E-state index is 11.7. The summed E-state index contributed by atoms with van der Waals surface area (Å²) < 4.78 is 0. The molecule has 0 N–H and O–H groups in total. The Balaban J connectivity index is 0.000000113. The van der Waals surface area contributed by atoms with Crippen LogP contribution < -0.4 is 19.6 Å². The molecule has 4 fully saturated rings. The second kappa shape index (κ2) is 19.4. The van der Waals surface area contributed by atoms with Gasteiger partial charge in [0.2, 0.25) is 47.3 Å². The van der Waals surface area contributed by atoms with E-state index in [1.807, 2.05) is 170 Å². The van der Waals surface area contributed by atoms with Gasteiger partial charge in [-0.1, -0.05) is 146 Å². The molecule has 0 bridgehead atoms. The van der Waals surface area contributed by atoms with E-state index < -0.39 is 0 Å². The maximum Gasteiger partial charge on any atom is 0.234 e. The number of hydrogen-bond donors (Lipinski definition) is 0. The van der Waals surface area contributed by atoms with Gasteiger partial charge in [-0.15, -0.1) is 0 Å². The predicted octanol–water partition coefficient (Wildman–Crippen LogP) is 9.97. The number of carbonyl (C=O) groups excluding carboxylic acids is 8. The first-order chi connectivity index (χ1) is 33.1. The van der Waals surface area contributed by atoms with Crippen LogP contribution in [0.5, 0.6) is 0 Å². The van der Waals surface area contributed by atoms with Crippen LogP contribution in [0.4, 0.5) is 22.7 Å². The molecule has 336 valence electrons. The Hall–Kier alpha value is -8.64. The van der Waals surface area contributed by atoms with Crippen molar-refractivity contribution in [3.63, 3.8) is 0 Å². The smallest absolute Gasteiger partial charge is 0.234 e. The molecule has 4 saturated heterocycles. The summed E-state index contributed by atoms with van der Waals surface area (Å²) >= 11 is 0. The molecule has 12 rings (SSSR count). The third kappa shape index (κ3) is 8.87. The number of hydrogen-bond acceptors (Lipinski definition) is 8. The van der Waals surface area contributed by atoms with Gasteiger partial charge in [0, 0.05) is 72.9 Å². The molecule has 8 aromatic carbocycles. The maximum absolute atomic E-state index is 11.7. The standard InChI is InChI=1S/4C14H11NO2/c4*16-13-8-9-14(17)15(13)12-7-3-5-10-4-1-2-6-11(10)12/h4*1-7H,8-9H2. The summed E-state index contributed by atoms with van der Waals surface area (Å²) in [5.41, 5.74) is 2.82. The number of benzene rings is 8. The minimum absolute atomic E-state index is 0.105. The Bertz CT molecular complexity index is 2830. The van der Waals surface area contributed by atoms with Crippen molar-refractivity contribution < 1.29 is 38.4 Å². The van der Waals surface area contributed by atoms with Crippen molar-refractivity contribution in [3.8, 4) is 0 Å². The summed E-state index contributed by atoms with van der Waals surface area (Å²) in [5.74, 6) is -0.842. The summed E-state index contributed by atoms with van der Waals surface area (Å²) in [6, 6.07) is 53.8. The Morgan fingerprint density at radius 1 is 0.206 bits per heavy atom. The molecule has 4 aliphatic rings. The average molecular weight is 901 g/mol. The van der Waals surface area contributed by atoms with Crippen molar-refractivity contribution in [2.24, 2.45) is 0 Å². The predicted molar refractivity (Wildman–Crippen MR) is 263 cm³/mol. The zero-order valence-corrected chi connectivity index (χ0v) is 36.9. The molecule has 0 spiro atoms. The molecule has 4 heterocycles. The van der Waals surface area contributed by atoms with Gasteiger partial charge in [0.15, 0.2) is 0 Å². The van der Waals surface area contributed by atoms with Crippen molar-refractivity contribution in [3.05, 3.63) is 170 Å². The van der Waals surface area contributed by atoms with Gasteiger partial charge < -0.3 is 0 Å². The van der Waals surface area contributed by atoms with Gasteiger partial charge in [-0.3, -0.25) is 38.4 Å². The van der Waals surface area contributed by atoms with Crippen molar-refractivity contribution in [2.45, 2.75) is 51.4 Å². The highest BCUT2D eigenvalue weighted by molar-refractivity contribution is 6.25. The van der Waals surface area contributed by atoms with Crippen LogP contribution in [0.3, 0.4) is 0 Å². The fraction of sp³-hybridized carbons (Fsp3) is 0.143. The van der Waals surface area contributed by atoms with Gasteiger partial charge in [-0.2, -0.15) is 0 Å². The minimum atomic E-state index is -0.105. The summed E-state index contributed by atoms with van der Waals surface area (Å²) in [5, 5.41) is 7.93. The lowest BCUT2D eigenvalue weighted by atomic mass is 10.1. The van der Waals surface area contributed by atoms with E-state index in [9.17, 15) is 38.4 Å². The molecular weight excluding hydrogens is 857 g/mol. The molecule has 0 radical (unpaired) electrons. The fourth-order valence-corrected chi connectivity index (χ4v) is 8.99. The highest BCUT2D eigenvalue weighted by atomic mass is 16.2. The van der Waals surface area contributed by atoms with Crippen molar-refractivity contribution in [2.75, 3.05) is 19.6 Å². The first-order valence-corrected chi connectivity index (χ1v) is 22.4. The number of anilines is 4. The van der Waals surface area contributed by atoms with Crippen LogP contribution in [0, 0.1) is 0 Å². The number of amides is 8. The topological polar surface area (TPSA) is 150 Å². The number of imide groups is 4. The molecule has 0 aliphatic carbocycles. The summed E-state index contributed by atoms with van der Waals surface area (Å²) in [6.07, 6.45) is 2.57. The van der Waals surface area contributed by atoms with Crippen molar-refractivity contribution in [1.82, 2.24) is 0 Å². The lowest BCUT2D eigenvalue weighted by Gasteiger charge is -2.16. The Morgan fingerprint density at radius 2 is 0.368 bits per heavy atom. The summed E-state index contributed by atoms with van der Waals surface area (Å²) in [6.45, 7) is 0. The molecule has 8 amide bonds. The molecule has 12 nitrogen and oxygen atoms in total.